The highest BCUT2D eigenvalue weighted by atomic mass is 35.5. The monoisotopic (exact) mass is 171 g/mol. The number of quaternary nitrogens is 1. The Morgan fingerprint density at radius 2 is 1.80 bits per heavy atom. The van der Waals surface area contributed by atoms with E-state index in [1.54, 1.807) is 6.92 Å². The molecule has 0 radical (unpaired) electrons. The fourth-order valence-corrected chi connectivity index (χ4v) is 0. The molecule has 0 aromatic heterocycles. The molecule has 0 saturated heterocycles. The maximum Gasteiger partial charge on any atom is 0.105 e. The summed E-state index contributed by atoms with van der Waals surface area (Å²) in [5.74, 6) is 0. The molecule has 5 heteroatoms. The van der Waals surface area contributed by atoms with Crippen LogP contribution in [0.3, 0.4) is 0 Å². The zero-order valence-corrected chi connectivity index (χ0v) is 7.26. The predicted molar refractivity (Wildman–Crippen MR) is 39.4 cm³/mol. The molecule has 64 valence electrons. The van der Waals surface area contributed by atoms with Gasteiger partial charge >= 0.3 is 0 Å². The SMILES string of the molecule is CCOCl.CC[N+](C)([O-])O. The van der Waals surface area contributed by atoms with Crippen LogP contribution >= 0.6 is 11.9 Å². The van der Waals surface area contributed by atoms with Gasteiger partial charge in [-0.1, -0.05) is 0 Å². The minimum absolute atomic E-state index is 0.208. The summed E-state index contributed by atoms with van der Waals surface area (Å²) in [6, 6.07) is 0. The fourth-order valence-electron chi connectivity index (χ4n) is 0. The van der Waals surface area contributed by atoms with Crippen LogP contribution in [0.2, 0.25) is 0 Å². The van der Waals surface area contributed by atoms with E-state index in [0.29, 0.717) is 6.61 Å². The highest BCUT2D eigenvalue weighted by Gasteiger charge is 1.94. The summed E-state index contributed by atoms with van der Waals surface area (Å²) < 4.78 is 4.01. The first-order valence-corrected chi connectivity index (χ1v) is 3.31. The van der Waals surface area contributed by atoms with Crippen LogP contribution in [-0.4, -0.2) is 30.2 Å². The molecule has 0 spiro atoms. The lowest BCUT2D eigenvalue weighted by Crippen LogP contribution is -2.32. The van der Waals surface area contributed by atoms with Crippen molar-refractivity contribution in [1.82, 2.24) is 0 Å². The fraction of sp³-hybridized carbons (Fsp3) is 1.00. The van der Waals surface area contributed by atoms with Gasteiger partial charge in [0.05, 0.1) is 25.5 Å². The van der Waals surface area contributed by atoms with Gasteiger partial charge < -0.3 is 5.21 Å². The lowest BCUT2D eigenvalue weighted by molar-refractivity contribution is -1.05. The normalized spacial score (nSPS) is 15.0. The quantitative estimate of drug-likeness (QED) is 0.506. The maximum absolute atomic E-state index is 9.97. The van der Waals surface area contributed by atoms with E-state index in [1.165, 1.54) is 7.05 Å². The molecule has 0 aromatic carbocycles. The number of rotatable bonds is 2. The lowest BCUT2D eigenvalue weighted by atomic mass is 10.7. The van der Waals surface area contributed by atoms with Gasteiger partial charge in [0.15, 0.2) is 0 Å². The second-order valence-electron chi connectivity index (χ2n) is 1.76. The van der Waals surface area contributed by atoms with E-state index < -0.39 is 4.81 Å². The predicted octanol–water partition coefficient (Wildman–Crippen LogP) is 1.52. The van der Waals surface area contributed by atoms with Gasteiger partial charge in [0.25, 0.3) is 0 Å². The number of nitrogens with zero attached hydrogens (tertiary/aromatic N) is 1. The summed E-state index contributed by atoms with van der Waals surface area (Å²) in [7, 11) is 1.18. The van der Waals surface area contributed by atoms with E-state index in [9.17, 15) is 5.21 Å². The molecule has 1 unspecified atom stereocenters. The molecule has 0 saturated carbocycles. The standard InChI is InChI=1S/C3H9NO2.C2H5ClO/c1-3-4(2,5)6;1-2-4-3/h5H,3H2,1-2H3;2H2,1H3. The number of halogens is 1. The van der Waals surface area contributed by atoms with Crippen LogP contribution in [-0.2, 0) is 4.29 Å². The topological polar surface area (TPSA) is 52.5 Å². The summed E-state index contributed by atoms with van der Waals surface area (Å²) in [5, 5.41) is 18.2. The van der Waals surface area contributed by atoms with Gasteiger partial charge in [-0.3, -0.25) is 4.29 Å². The van der Waals surface area contributed by atoms with Crippen molar-refractivity contribution < 1.29 is 14.3 Å². The van der Waals surface area contributed by atoms with Crippen molar-refractivity contribution in [2.75, 3.05) is 20.2 Å². The molecule has 0 rings (SSSR count). The minimum Gasteiger partial charge on any atom is -0.599 e. The first-order valence-electron chi connectivity index (χ1n) is 3.00. The van der Waals surface area contributed by atoms with Crippen molar-refractivity contribution in [1.29, 1.82) is 0 Å². The van der Waals surface area contributed by atoms with Crippen molar-refractivity contribution in [2.45, 2.75) is 13.8 Å². The van der Waals surface area contributed by atoms with Crippen LogP contribution in [0.5, 0.6) is 0 Å². The molecule has 0 heterocycles. The molecule has 0 aliphatic rings. The van der Waals surface area contributed by atoms with Crippen LogP contribution in [0.4, 0.5) is 0 Å². The van der Waals surface area contributed by atoms with Crippen molar-refractivity contribution in [3.63, 3.8) is 0 Å². The Kier molecular flexibility index (Phi) is 9.25. The molecule has 0 aliphatic heterocycles. The molecule has 0 amide bonds. The Bertz CT molecular complexity index is 62.4. The number of hydroxylamine groups is 4. The largest absolute Gasteiger partial charge is 0.599 e. The van der Waals surface area contributed by atoms with Gasteiger partial charge in [0.1, 0.15) is 6.54 Å². The number of hydrogen-bond donors (Lipinski definition) is 1. The Hall–Kier alpha value is 0.130. The van der Waals surface area contributed by atoms with E-state index in [1.807, 2.05) is 6.92 Å². The maximum atomic E-state index is 9.97. The summed E-state index contributed by atoms with van der Waals surface area (Å²) in [6.45, 7) is 4.24. The van der Waals surface area contributed by atoms with E-state index in [-0.39, 0.29) is 6.54 Å². The van der Waals surface area contributed by atoms with Gasteiger partial charge in [0.2, 0.25) is 0 Å². The lowest BCUT2D eigenvalue weighted by Gasteiger charge is -2.26. The van der Waals surface area contributed by atoms with E-state index >= 15 is 0 Å². The molecule has 0 aliphatic carbocycles. The summed E-state index contributed by atoms with van der Waals surface area (Å²) in [6.07, 6.45) is 0. The average Bonchev–Trinajstić information content (AvgIpc) is 1.87. The Morgan fingerprint density at radius 1 is 1.60 bits per heavy atom. The van der Waals surface area contributed by atoms with Crippen molar-refractivity contribution in [3.05, 3.63) is 5.21 Å². The van der Waals surface area contributed by atoms with Gasteiger partial charge in [-0.15, -0.1) is 0 Å². The first kappa shape index (κ1) is 12.8. The molecule has 1 atom stereocenters. The minimum atomic E-state index is -1.18. The average molecular weight is 172 g/mol. The molecule has 10 heavy (non-hydrogen) atoms. The summed E-state index contributed by atoms with van der Waals surface area (Å²) in [5.41, 5.74) is 0. The van der Waals surface area contributed by atoms with E-state index in [0.717, 1.165) is 0 Å². The zero-order chi connectivity index (χ0) is 8.62. The van der Waals surface area contributed by atoms with Crippen molar-refractivity contribution >= 4 is 11.9 Å². The molecule has 0 aromatic rings. The third kappa shape index (κ3) is 24.2. The van der Waals surface area contributed by atoms with Crippen LogP contribution in [0.1, 0.15) is 13.8 Å². The summed E-state index contributed by atoms with van der Waals surface area (Å²) >= 11 is 4.69. The second kappa shape index (κ2) is 7.24. The molecule has 1 N–H and O–H groups in total. The Morgan fingerprint density at radius 3 is 1.80 bits per heavy atom. The van der Waals surface area contributed by atoms with Gasteiger partial charge in [0, 0.05) is 0 Å². The van der Waals surface area contributed by atoms with E-state index in [2.05, 4.69) is 16.2 Å². The van der Waals surface area contributed by atoms with Crippen LogP contribution in [0, 0.1) is 5.21 Å². The highest BCUT2D eigenvalue weighted by molar-refractivity contribution is 6.07. The molecular weight excluding hydrogens is 158 g/mol. The first-order chi connectivity index (χ1) is 4.47. The molecule has 4 nitrogen and oxygen atoms in total. The Labute approximate surface area is 66.3 Å². The smallest absolute Gasteiger partial charge is 0.105 e. The third-order valence-corrected chi connectivity index (χ3v) is 0.914. The van der Waals surface area contributed by atoms with Crippen LogP contribution in [0.25, 0.3) is 0 Å². The third-order valence-electron chi connectivity index (χ3n) is 0.696. The molecular formula is C5H14ClNO3. The zero-order valence-electron chi connectivity index (χ0n) is 6.50. The Balaban J connectivity index is 0. The second-order valence-corrected chi connectivity index (χ2v) is 1.98. The molecule has 0 fully saturated rings. The molecule has 0 bridgehead atoms. The summed E-state index contributed by atoms with van der Waals surface area (Å²) in [4.78, 5) is -1.18. The van der Waals surface area contributed by atoms with Gasteiger partial charge in [-0.25, -0.2) is 10.0 Å². The van der Waals surface area contributed by atoms with Gasteiger partial charge in [-0.2, -0.15) is 0 Å². The van der Waals surface area contributed by atoms with Crippen molar-refractivity contribution in [3.8, 4) is 0 Å². The van der Waals surface area contributed by atoms with Gasteiger partial charge in [-0.05, 0) is 13.8 Å². The van der Waals surface area contributed by atoms with Crippen molar-refractivity contribution in [2.24, 2.45) is 0 Å². The van der Waals surface area contributed by atoms with Crippen LogP contribution < -0.4 is 0 Å². The van der Waals surface area contributed by atoms with E-state index in [4.69, 9.17) is 5.21 Å². The highest BCUT2D eigenvalue weighted by Crippen LogP contribution is 1.85. The number of hydrogen-bond acceptors (Lipinski definition) is 3. The van der Waals surface area contributed by atoms with Crippen LogP contribution in [0.15, 0.2) is 0 Å².